The topological polar surface area (TPSA) is 55.6 Å². The molecule has 6 heteroatoms. The van der Waals surface area contributed by atoms with E-state index in [9.17, 15) is 0 Å². The molecule has 0 amide bonds. The molecule has 0 radical (unpaired) electrons. The molecule has 0 aliphatic rings. The van der Waals surface area contributed by atoms with Crippen molar-refractivity contribution in [3.05, 3.63) is 34.1 Å². The Morgan fingerprint density at radius 3 is 2.94 bits per heavy atom. The zero-order valence-corrected chi connectivity index (χ0v) is 12.1. The normalized spacial score (nSPS) is 10.8. The van der Waals surface area contributed by atoms with Gasteiger partial charge in [-0.1, -0.05) is 22.9 Å². The first-order valence-electron chi connectivity index (χ1n) is 5.97. The molecule has 5 nitrogen and oxygen atoms in total. The smallest absolute Gasteiger partial charge is 0.170 e. The second-order valence-corrected chi connectivity index (χ2v) is 5.03. The summed E-state index contributed by atoms with van der Waals surface area (Å²) in [5.41, 5.74) is 2.14. The summed E-state index contributed by atoms with van der Waals surface area (Å²) in [6.45, 7) is 5.82. The van der Waals surface area contributed by atoms with Crippen molar-refractivity contribution in [2.45, 2.75) is 26.8 Å². The third kappa shape index (κ3) is 2.94. The van der Waals surface area contributed by atoms with Gasteiger partial charge in [0.15, 0.2) is 5.82 Å². The number of nitrogens with one attached hydrogen (secondary N) is 1. The summed E-state index contributed by atoms with van der Waals surface area (Å²) in [6.07, 6.45) is 1.10. The quantitative estimate of drug-likeness (QED) is 0.861. The van der Waals surface area contributed by atoms with E-state index in [1.807, 2.05) is 19.1 Å². The molecular weight excluding hydrogens is 294 g/mol. The van der Waals surface area contributed by atoms with E-state index in [0.717, 1.165) is 34.5 Å². The average Bonchev–Trinajstić information content (AvgIpc) is 2.78. The largest absolute Gasteiger partial charge is 0.310 e. The van der Waals surface area contributed by atoms with Crippen LogP contribution in [0, 0.1) is 6.92 Å². The molecule has 0 atom stereocenters. The molecule has 0 aliphatic heterocycles. The van der Waals surface area contributed by atoms with Crippen molar-refractivity contribution in [3.8, 4) is 5.69 Å². The average molecular weight is 310 g/mol. The van der Waals surface area contributed by atoms with E-state index in [0.29, 0.717) is 6.54 Å². The number of halogens is 1. The molecule has 1 aromatic carbocycles. The van der Waals surface area contributed by atoms with Crippen LogP contribution in [0.25, 0.3) is 5.69 Å². The summed E-state index contributed by atoms with van der Waals surface area (Å²) >= 11 is 3.46. The lowest BCUT2D eigenvalue weighted by Crippen LogP contribution is -2.18. The summed E-state index contributed by atoms with van der Waals surface area (Å²) in [5.74, 6) is 0.828. The molecule has 1 heterocycles. The first kappa shape index (κ1) is 13.2. The molecule has 2 rings (SSSR count). The number of nitrogens with zero attached hydrogens (tertiary/aromatic N) is 4. The highest BCUT2D eigenvalue weighted by atomic mass is 79.9. The fourth-order valence-corrected chi connectivity index (χ4v) is 2.21. The van der Waals surface area contributed by atoms with Crippen molar-refractivity contribution >= 4 is 15.9 Å². The van der Waals surface area contributed by atoms with Crippen LogP contribution in [0.2, 0.25) is 0 Å². The Kier molecular flexibility index (Phi) is 4.43. The fourth-order valence-electron chi connectivity index (χ4n) is 1.74. The summed E-state index contributed by atoms with van der Waals surface area (Å²) < 4.78 is 2.84. The van der Waals surface area contributed by atoms with Crippen molar-refractivity contribution in [2.24, 2.45) is 0 Å². The Morgan fingerprint density at radius 1 is 1.39 bits per heavy atom. The fraction of sp³-hybridized carbons (Fsp3) is 0.417. The minimum absolute atomic E-state index is 0.677. The second kappa shape index (κ2) is 6.06. The van der Waals surface area contributed by atoms with Gasteiger partial charge in [-0.15, -0.1) is 5.10 Å². The van der Waals surface area contributed by atoms with Crippen molar-refractivity contribution < 1.29 is 0 Å². The third-order valence-corrected chi connectivity index (χ3v) is 3.12. The highest BCUT2D eigenvalue weighted by molar-refractivity contribution is 9.10. The SMILES string of the molecule is CCCNCc1nnnn1-c1ccc(Br)cc1C. The molecule has 0 spiro atoms. The first-order valence-corrected chi connectivity index (χ1v) is 6.76. The highest BCUT2D eigenvalue weighted by Gasteiger charge is 2.09. The van der Waals surface area contributed by atoms with E-state index in [1.165, 1.54) is 0 Å². The van der Waals surface area contributed by atoms with Gasteiger partial charge in [0, 0.05) is 4.47 Å². The standard InChI is InChI=1S/C12H16BrN5/c1-3-6-14-8-12-15-16-17-18(12)11-5-4-10(13)7-9(11)2/h4-5,7,14H,3,6,8H2,1-2H3. The van der Waals surface area contributed by atoms with Crippen LogP contribution in [0.15, 0.2) is 22.7 Å². The van der Waals surface area contributed by atoms with Crippen LogP contribution in [-0.2, 0) is 6.54 Å². The predicted octanol–water partition coefficient (Wildman–Crippen LogP) is 2.23. The Bertz CT molecular complexity index is 523. The van der Waals surface area contributed by atoms with Gasteiger partial charge in [0.05, 0.1) is 12.2 Å². The number of tetrazole rings is 1. The van der Waals surface area contributed by atoms with E-state index in [2.05, 4.69) is 49.8 Å². The molecule has 0 aliphatic carbocycles. The van der Waals surface area contributed by atoms with E-state index in [1.54, 1.807) is 4.68 Å². The Hall–Kier alpha value is -1.27. The number of hydrogen-bond acceptors (Lipinski definition) is 4. The lowest BCUT2D eigenvalue weighted by atomic mass is 10.2. The van der Waals surface area contributed by atoms with E-state index in [-0.39, 0.29) is 0 Å². The summed E-state index contributed by atoms with van der Waals surface area (Å²) in [4.78, 5) is 0. The molecule has 0 saturated carbocycles. The van der Waals surface area contributed by atoms with E-state index in [4.69, 9.17) is 0 Å². The van der Waals surface area contributed by atoms with Crippen LogP contribution < -0.4 is 5.32 Å². The maximum absolute atomic E-state index is 4.06. The van der Waals surface area contributed by atoms with Gasteiger partial charge in [-0.25, -0.2) is 0 Å². The van der Waals surface area contributed by atoms with Gasteiger partial charge in [-0.05, 0) is 54.1 Å². The van der Waals surface area contributed by atoms with Gasteiger partial charge in [-0.3, -0.25) is 0 Å². The van der Waals surface area contributed by atoms with Crippen LogP contribution in [0.5, 0.6) is 0 Å². The van der Waals surface area contributed by atoms with Crippen LogP contribution >= 0.6 is 15.9 Å². The van der Waals surface area contributed by atoms with Crippen molar-refractivity contribution in [2.75, 3.05) is 6.54 Å². The Morgan fingerprint density at radius 2 is 2.22 bits per heavy atom. The summed E-state index contributed by atoms with van der Waals surface area (Å²) in [5, 5.41) is 15.2. The number of aryl methyl sites for hydroxylation is 1. The van der Waals surface area contributed by atoms with Gasteiger partial charge < -0.3 is 5.32 Å². The summed E-state index contributed by atoms with van der Waals surface area (Å²) in [7, 11) is 0. The Labute approximate surface area is 115 Å². The molecule has 1 aromatic heterocycles. The molecule has 0 fully saturated rings. The molecule has 0 unspecified atom stereocenters. The monoisotopic (exact) mass is 309 g/mol. The van der Waals surface area contributed by atoms with Gasteiger partial charge in [0.25, 0.3) is 0 Å². The van der Waals surface area contributed by atoms with Crippen LogP contribution in [0.3, 0.4) is 0 Å². The minimum atomic E-state index is 0.677. The lowest BCUT2D eigenvalue weighted by molar-refractivity contribution is 0.632. The van der Waals surface area contributed by atoms with Crippen molar-refractivity contribution in [1.82, 2.24) is 25.5 Å². The third-order valence-electron chi connectivity index (χ3n) is 2.63. The van der Waals surface area contributed by atoms with E-state index >= 15 is 0 Å². The number of rotatable bonds is 5. The lowest BCUT2D eigenvalue weighted by Gasteiger charge is -2.08. The molecule has 0 bridgehead atoms. The maximum atomic E-state index is 4.06. The van der Waals surface area contributed by atoms with Crippen molar-refractivity contribution in [1.29, 1.82) is 0 Å². The highest BCUT2D eigenvalue weighted by Crippen LogP contribution is 2.19. The molecule has 1 N–H and O–H groups in total. The predicted molar refractivity (Wildman–Crippen MR) is 73.6 cm³/mol. The minimum Gasteiger partial charge on any atom is -0.310 e. The second-order valence-electron chi connectivity index (χ2n) is 4.11. The van der Waals surface area contributed by atoms with E-state index < -0.39 is 0 Å². The molecule has 18 heavy (non-hydrogen) atoms. The van der Waals surface area contributed by atoms with Gasteiger partial charge in [0.1, 0.15) is 0 Å². The number of benzene rings is 1. The van der Waals surface area contributed by atoms with Gasteiger partial charge in [0.2, 0.25) is 0 Å². The van der Waals surface area contributed by atoms with Crippen LogP contribution in [-0.4, -0.2) is 26.8 Å². The summed E-state index contributed by atoms with van der Waals surface area (Å²) in [6, 6.07) is 6.06. The maximum Gasteiger partial charge on any atom is 0.170 e. The zero-order valence-electron chi connectivity index (χ0n) is 10.5. The van der Waals surface area contributed by atoms with Crippen molar-refractivity contribution in [3.63, 3.8) is 0 Å². The van der Waals surface area contributed by atoms with Gasteiger partial charge >= 0.3 is 0 Å². The number of hydrogen-bond donors (Lipinski definition) is 1. The first-order chi connectivity index (χ1) is 8.72. The van der Waals surface area contributed by atoms with Gasteiger partial charge in [-0.2, -0.15) is 4.68 Å². The zero-order chi connectivity index (χ0) is 13.0. The Balaban J connectivity index is 2.25. The molecule has 96 valence electrons. The molecule has 2 aromatic rings. The van der Waals surface area contributed by atoms with Crippen LogP contribution in [0.1, 0.15) is 24.7 Å². The number of aromatic nitrogens is 4. The van der Waals surface area contributed by atoms with Crippen LogP contribution in [0.4, 0.5) is 0 Å². The molecule has 0 saturated heterocycles. The molecular formula is C12H16BrN5.